The molecule has 4 aromatic carbocycles. The highest BCUT2D eigenvalue weighted by Crippen LogP contribution is 2.33. The Kier molecular flexibility index (Phi) is 13.1. The van der Waals surface area contributed by atoms with Crippen LogP contribution in [0.1, 0.15) is 31.8 Å². The Morgan fingerprint density at radius 1 is 0.660 bits per heavy atom. The summed E-state index contributed by atoms with van der Waals surface area (Å²) in [6.45, 7) is 0. The van der Waals surface area contributed by atoms with Crippen LogP contribution in [0.25, 0.3) is 11.4 Å². The molecule has 1 amide bonds. The number of nitrogens with two attached hydrogens (primary N) is 1. The number of halogens is 11. The first kappa shape index (κ1) is 40.6. The number of carbonyl (C=O) groups excluding carboxylic acids is 2. The molecule has 3 N–H and O–H groups in total. The number of nitrogens with one attached hydrogen (secondary N) is 1. The van der Waals surface area contributed by atoms with Crippen molar-refractivity contribution in [1.29, 1.82) is 0 Å². The monoisotopic (exact) mass is 892 g/mol. The van der Waals surface area contributed by atoms with Crippen LogP contribution in [0.5, 0.6) is 0 Å². The van der Waals surface area contributed by atoms with Gasteiger partial charge in [0.05, 0.1) is 16.7 Å². The molecule has 6 rings (SSSR count). The van der Waals surface area contributed by atoms with E-state index in [1.54, 1.807) is 18.2 Å². The second-order valence-corrected chi connectivity index (χ2v) is 12.1. The van der Waals surface area contributed by atoms with Crippen LogP contribution in [0.15, 0.2) is 107 Å². The van der Waals surface area contributed by atoms with Crippen molar-refractivity contribution in [3.63, 3.8) is 0 Å². The number of alkyl halides is 6. The molecule has 2 aromatic heterocycles. The highest BCUT2D eigenvalue weighted by molar-refractivity contribution is 9.11. The highest BCUT2D eigenvalue weighted by Gasteiger charge is 2.35. The number of amides is 1. The fraction of sp³-hybridized carbons (Fsp3) is 0.0625. The first-order valence-electron chi connectivity index (χ1n) is 14.2. The molecule has 0 spiro atoms. The lowest BCUT2D eigenvalue weighted by Crippen LogP contribution is -2.19. The SMILES string of the molecule is Nc1ncn(-c2c(F)cccc2Br)n1.O=C(Cl)c1ccccc1C(F)(F)F.O=C(Nc1ncn(-c2c(F)cccc2Br)n1)c1ccccc1C(F)(F)F. The summed E-state index contributed by atoms with van der Waals surface area (Å²) < 4.78 is 106. The maximum Gasteiger partial charge on any atom is 0.417 e. The first-order valence-corrected chi connectivity index (χ1v) is 16.2. The number of carbonyl (C=O) groups is 2. The third-order valence-corrected chi connectivity index (χ3v) is 7.96. The van der Waals surface area contributed by atoms with Crippen LogP contribution in [-0.4, -0.2) is 40.7 Å². The van der Waals surface area contributed by atoms with Gasteiger partial charge in [-0.2, -0.15) is 31.3 Å². The number of hydrogen-bond acceptors (Lipinski definition) is 7. The Balaban J connectivity index is 0.000000196. The van der Waals surface area contributed by atoms with E-state index in [0.717, 1.165) is 35.3 Å². The van der Waals surface area contributed by atoms with Gasteiger partial charge in [-0.3, -0.25) is 14.9 Å². The van der Waals surface area contributed by atoms with Gasteiger partial charge in [-0.25, -0.2) is 23.1 Å². The number of benzene rings is 4. The molecule has 0 saturated heterocycles. The Morgan fingerprint density at radius 3 is 1.55 bits per heavy atom. The molecule has 0 bridgehead atoms. The summed E-state index contributed by atoms with van der Waals surface area (Å²) in [5.41, 5.74) is 2.53. The van der Waals surface area contributed by atoms with Crippen molar-refractivity contribution in [3.05, 3.63) is 140 Å². The zero-order chi connectivity index (χ0) is 39.1. The van der Waals surface area contributed by atoms with Crippen molar-refractivity contribution in [2.75, 3.05) is 11.1 Å². The van der Waals surface area contributed by atoms with Crippen LogP contribution >= 0.6 is 43.5 Å². The average Bonchev–Trinajstić information content (AvgIpc) is 3.73. The molecule has 0 aliphatic heterocycles. The third-order valence-electron chi connectivity index (χ3n) is 6.48. The molecule has 0 radical (unpaired) electrons. The number of aromatic nitrogens is 6. The molecule has 0 aliphatic rings. The lowest BCUT2D eigenvalue weighted by Gasteiger charge is -2.11. The predicted molar refractivity (Wildman–Crippen MR) is 183 cm³/mol. The summed E-state index contributed by atoms with van der Waals surface area (Å²) in [4.78, 5) is 30.3. The number of rotatable bonds is 5. The molecule has 0 fully saturated rings. The predicted octanol–water partition coefficient (Wildman–Crippen LogP) is 9.28. The van der Waals surface area contributed by atoms with Gasteiger partial charge in [0.25, 0.3) is 11.1 Å². The fourth-order valence-corrected chi connectivity index (χ4v) is 5.44. The number of nitrogen functional groups attached to an aromatic ring is 1. The average molecular weight is 895 g/mol. The van der Waals surface area contributed by atoms with Crippen LogP contribution < -0.4 is 11.1 Å². The molecular weight excluding hydrogens is 876 g/mol. The van der Waals surface area contributed by atoms with E-state index < -0.39 is 51.6 Å². The van der Waals surface area contributed by atoms with E-state index in [9.17, 15) is 44.7 Å². The van der Waals surface area contributed by atoms with Crippen LogP contribution in [0.3, 0.4) is 0 Å². The molecule has 53 heavy (non-hydrogen) atoms. The Morgan fingerprint density at radius 2 is 1.11 bits per heavy atom. The molecule has 0 unspecified atom stereocenters. The van der Waals surface area contributed by atoms with Crippen LogP contribution in [0, 0.1) is 11.6 Å². The number of nitrogens with zero attached hydrogens (tertiary/aromatic N) is 6. The van der Waals surface area contributed by atoms with Crippen molar-refractivity contribution in [2.24, 2.45) is 0 Å². The Labute approximate surface area is 314 Å². The number of anilines is 2. The molecule has 2 heterocycles. The molecule has 276 valence electrons. The summed E-state index contributed by atoms with van der Waals surface area (Å²) in [7, 11) is 0. The van der Waals surface area contributed by atoms with Crippen molar-refractivity contribution >= 4 is 66.5 Å². The Bertz CT molecular complexity index is 2210. The van der Waals surface area contributed by atoms with Crippen LogP contribution in [-0.2, 0) is 12.4 Å². The second kappa shape index (κ2) is 17.1. The molecular formula is C32H19Br2ClF8N8O2. The zero-order valence-corrected chi connectivity index (χ0v) is 29.9. The van der Waals surface area contributed by atoms with Crippen molar-refractivity contribution in [3.8, 4) is 11.4 Å². The van der Waals surface area contributed by atoms with Crippen LogP contribution in [0.4, 0.5) is 47.0 Å². The summed E-state index contributed by atoms with van der Waals surface area (Å²) in [5, 5.41) is 8.77. The minimum Gasteiger partial charge on any atom is -0.366 e. The number of hydrogen-bond donors (Lipinski definition) is 2. The summed E-state index contributed by atoms with van der Waals surface area (Å²) in [6, 6.07) is 17.7. The lowest BCUT2D eigenvalue weighted by molar-refractivity contribution is -0.138. The molecule has 0 atom stereocenters. The Hall–Kier alpha value is -5.21. The van der Waals surface area contributed by atoms with Gasteiger partial charge in [0.1, 0.15) is 35.7 Å². The smallest absolute Gasteiger partial charge is 0.366 e. The van der Waals surface area contributed by atoms with E-state index in [2.05, 4.69) is 57.3 Å². The van der Waals surface area contributed by atoms with Gasteiger partial charge in [-0.1, -0.05) is 36.4 Å². The van der Waals surface area contributed by atoms with Crippen molar-refractivity contribution in [2.45, 2.75) is 12.4 Å². The molecule has 21 heteroatoms. The largest absolute Gasteiger partial charge is 0.417 e. The normalized spacial score (nSPS) is 11.2. The summed E-state index contributed by atoms with van der Waals surface area (Å²) in [6.07, 6.45) is -6.73. The van der Waals surface area contributed by atoms with E-state index >= 15 is 0 Å². The third kappa shape index (κ3) is 10.4. The van der Waals surface area contributed by atoms with Gasteiger partial charge >= 0.3 is 12.4 Å². The second-order valence-electron chi connectivity index (χ2n) is 10.0. The maximum absolute atomic E-state index is 13.9. The van der Waals surface area contributed by atoms with E-state index in [1.165, 1.54) is 53.5 Å². The van der Waals surface area contributed by atoms with E-state index in [-0.39, 0.29) is 23.4 Å². The molecule has 0 saturated carbocycles. The van der Waals surface area contributed by atoms with Gasteiger partial charge in [0.15, 0.2) is 0 Å². The van der Waals surface area contributed by atoms with Gasteiger partial charge in [0, 0.05) is 14.5 Å². The van der Waals surface area contributed by atoms with Crippen molar-refractivity contribution in [1.82, 2.24) is 29.5 Å². The number of para-hydroxylation sites is 2. The van der Waals surface area contributed by atoms with E-state index in [1.807, 2.05) is 0 Å². The molecule has 0 aliphatic carbocycles. The lowest BCUT2D eigenvalue weighted by atomic mass is 10.1. The molecule has 10 nitrogen and oxygen atoms in total. The molecule has 6 aromatic rings. The fourth-order valence-electron chi connectivity index (χ4n) is 4.23. The standard InChI is InChI=1S/C16H9BrF4N4O.C8H6BrFN4.C8H4ClF3O/c17-11-6-3-7-12(18)13(11)25-8-22-15(24-25)23-14(26)9-4-1-2-5-10(9)16(19,20)21;9-5-2-1-3-6(10)7(5)14-4-12-8(11)13-14;9-7(13)5-3-1-2-4-6(5)8(10,11)12/h1-8H,(H,23,24,26);1-4H,(H2,11,13);1-4H. The van der Waals surface area contributed by atoms with Gasteiger partial charge in [-0.15, -0.1) is 10.2 Å². The summed E-state index contributed by atoms with van der Waals surface area (Å²) in [5.74, 6) is -2.15. The minimum absolute atomic E-state index is 0.0520. The van der Waals surface area contributed by atoms with E-state index in [0.29, 0.717) is 14.6 Å². The minimum atomic E-state index is -4.68. The maximum atomic E-state index is 13.9. The van der Waals surface area contributed by atoms with Gasteiger partial charge < -0.3 is 5.73 Å². The van der Waals surface area contributed by atoms with Gasteiger partial charge in [-0.05, 0) is 92.0 Å². The highest BCUT2D eigenvalue weighted by atomic mass is 79.9. The first-order chi connectivity index (χ1) is 24.9. The summed E-state index contributed by atoms with van der Waals surface area (Å²) >= 11 is 11.4. The zero-order valence-electron chi connectivity index (χ0n) is 26.0. The topological polar surface area (TPSA) is 134 Å². The van der Waals surface area contributed by atoms with Gasteiger partial charge in [0.2, 0.25) is 11.9 Å². The quantitative estimate of drug-likeness (QED) is 0.130. The van der Waals surface area contributed by atoms with Crippen LogP contribution in [0.2, 0.25) is 0 Å². The van der Waals surface area contributed by atoms with E-state index in [4.69, 9.17) is 17.3 Å². The van der Waals surface area contributed by atoms with Crippen molar-refractivity contribution < 1.29 is 44.7 Å².